The van der Waals surface area contributed by atoms with Crippen molar-refractivity contribution in [2.75, 3.05) is 19.6 Å². The first kappa shape index (κ1) is 39.1. The molecule has 2 aliphatic rings. The molecule has 4 heterocycles. The Bertz CT molecular complexity index is 1710. The lowest BCUT2D eigenvalue weighted by Gasteiger charge is -2.51. The number of nitrogens with zero attached hydrogens (tertiary/aromatic N) is 3. The third-order valence-corrected chi connectivity index (χ3v) is 11.2. The number of alkyl halides is 6. The summed E-state index contributed by atoms with van der Waals surface area (Å²) in [7, 11) is 0. The minimum absolute atomic E-state index is 0.0124. The number of aliphatic carboxylic acids is 1. The maximum atomic E-state index is 15.0. The first-order valence-corrected chi connectivity index (χ1v) is 18.2. The van der Waals surface area contributed by atoms with Crippen molar-refractivity contribution >= 4 is 29.1 Å². The average molecular weight is 754 g/mol. The lowest BCUT2D eigenvalue weighted by molar-refractivity contribution is -0.160. The van der Waals surface area contributed by atoms with Gasteiger partial charge in [0, 0.05) is 38.7 Å². The molecule has 2 aromatic heterocycles. The molecule has 5 rings (SSSR count). The number of carboxylic acids is 1. The molecular weight excluding hydrogens is 712 g/mol. The van der Waals surface area contributed by atoms with Crippen molar-refractivity contribution in [1.82, 2.24) is 14.8 Å². The molecule has 0 bridgehead atoms. The monoisotopic (exact) mass is 753 g/mol. The lowest BCUT2D eigenvalue weighted by Crippen LogP contribution is -2.68. The normalized spacial score (nSPS) is 20.8. The highest BCUT2D eigenvalue weighted by molar-refractivity contribution is 7.13. The van der Waals surface area contributed by atoms with Gasteiger partial charge in [0.15, 0.2) is 5.06 Å². The van der Waals surface area contributed by atoms with Crippen molar-refractivity contribution < 1.29 is 50.6 Å². The second kappa shape index (κ2) is 15.8. The summed E-state index contributed by atoms with van der Waals surface area (Å²) >= 11 is 0.314. The molecule has 52 heavy (non-hydrogen) atoms. The Hall–Kier alpha value is -4.14. The van der Waals surface area contributed by atoms with E-state index in [1.54, 1.807) is 11.8 Å². The number of pyridine rings is 1. The smallest absolute Gasteiger partial charge is 0.425 e. The van der Waals surface area contributed by atoms with Gasteiger partial charge in [-0.05, 0) is 73.8 Å². The van der Waals surface area contributed by atoms with E-state index in [0.29, 0.717) is 49.9 Å². The molecule has 0 aliphatic carbocycles. The fourth-order valence-corrected chi connectivity index (χ4v) is 8.47. The number of halogens is 6. The Morgan fingerprint density at radius 1 is 0.923 bits per heavy atom. The van der Waals surface area contributed by atoms with Crippen LogP contribution in [0.25, 0.3) is 0 Å². The molecular formula is C37H41F6N3O5S. The molecule has 15 heteroatoms. The van der Waals surface area contributed by atoms with Crippen molar-refractivity contribution in [2.45, 2.75) is 101 Å². The number of hydrogen-bond donors (Lipinski definition) is 1. The van der Waals surface area contributed by atoms with Crippen LogP contribution < -0.4 is 4.74 Å². The van der Waals surface area contributed by atoms with Crippen molar-refractivity contribution in [3.63, 3.8) is 0 Å². The number of hydrogen-bond acceptors (Lipinski definition) is 6. The highest BCUT2D eigenvalue weighted by Gasteiger charge is 2.57. The number of likely N-dealkylation sites (tertiary alicyclic amines) is 2. The predicted octanol–water partition coefficient (Wildman–Crippen LogP) is 8.61. The van der Waals surface area contributed by atoms with E-state index in [4.69, 9.17) is 9.84 Å². The molecule has 2 saturated heterocycles. The summed E-state index contributed by atoms with van der Waals surface area (Å²) in [6, 6.07) is 12.4. The molecule has 2 fully saturated rings. The fraction of sp³-hybridized carbons (Fsp3) is 0.514. The molecule has 0 unspecified atom stereocenters. The number of ether oxygens (including phenoxy) is 1. The SMILES string of the molecule is CCC[C@H]1N(C(=O)c2ncccc2C(F)(F)F)CCC[C@@]1(Oc1ccc(C(F)(F)F)s1)C(=O)N1CCC(CCCCC(=O)O)(c2ccccc2)CC1. The maximum Gasteiger partial charge on any atom is 0.425 e. The van der Waals surface area contributed by atoms with Gasteiger partial charge in [0.2, 0.25) is 5.60 Å². The molecule has 3 aromatic rings. The first-order chi connectivity index (χ1) is 24.6. The number of thiophene rings is 1. The zero-order valence-corrected chi connectivity index (χ0v) is 29.5. The van der Waals surface area contributed by atoms with E-state index >= 15 is 0 Å². The number of benzene rings is 1. The van der Waals surface area contributed by atoms with Gasteiger partial charge in [-0.2, -0.15) is 26.3 Å². The second-order valence-electron chi connectivity index (χ2n) is 13.5. The van der Waals surface area contributed by atoms with E-state index in [9.17, 15) is 40.7 Å². The highest BCUT2D eigenvalue weighted by Crippen LogP contribution is 2.45. The molecule has 0 radical (unpaired) electrons. The Kier molecular flexibility index (Phi) is 11.9. The van der Waals surface area contributed by atoms with E-state index in [0.717, 1.165) is 36.0 Å². The number of carbonyl (C=O) groups is 3. The van der Waals surface area contributed by atoms with E-state index in [1.165, 1.54) is 4.90 Å². The topological polar surface area (TPSA) is 100 Å². The molecule has 0 saturated carbocycles. The van der Waals surface area contributed by atoms with Crippen LogP contribution in [-0.2, 0) is 27.4 Å². The summed E-state index contributed by atoms with van der Waals surface area (Å²) in [6.45, 7) is 2.24. The van der Waals surface area contributed by atoms with Crippen molar-refractivity contribution in [3.8, 4) is 5.06 Å². The number of carbonyl (C=O) groups excluding carboxylic acids is 2. The predicted molar refractivity (Wildman–Crippen MR) is 181 cm³/mol. The van der Waals surface area contributed by atoms with Crippen LogP contribution in [0.2, 0.25) is 0 Å². The number of carboxylic acid groups (broad SMARTS) is 1. The van der Waals surface area contributed by atoms with Crippen LogP contribution in [-0.4, -0.2) is 69.0 Å². The van der Waals surface area contributed by atoms with Crippen LogP contribution >= 0.6 is 11.3 Å². The molecule has 282 valence electrons. The molecule has 1 aromatic carbocycles. The zero-order valence-electron chi connectivity index (χ0n) is 28.6. The molecule has 1 N–H and O–H groups in total. The lowest BCUT2D eigenvalue weighted by atomic mass is 9.69. The minimum Gasteiger partial charge on any atom is -0.481 e. The molecule has 2 atom stereocenters. The van der Waals surface area contributed by atoms with Crippen LogP contribution in [0.1, 0.15) is 97.6 Å². The van der Waals surface area contributed by atoms with Gasteiger partial charge < -0.3 is 19.6 Å². The second-order valence-corrected chi connectivity index (χ2v) is 14.5. The minimum atomic E-state index is -4.89. The molecule has 8 nitrogen and oxygen atoms in total. The Morgan fingerprint density at radius 3 is 2.25 bits per heavy atom. The van der Waals surface area contributed by atoms with Crippen LogP contribution in [0.5, 0.6) is 5.06 Å². The first-order valence-electron chi connectivity index (χ1n) is 17.4. The van der Waals surface area contributed by atoms with Crippen molar-refractivity contribution in [3.05, 3.63) is 82.5 Å². The molecule has 0 spiro atoms. The Labute approximate surface area is 301 Å². The van der Waals surface area contributed by atoms with Gasteiger partial charge in [-0.1, -0.05) is 61.4 Å². The summed E-state index contributed by atoms with van der Waals surface area (Å²) in [6.07, 6.45) is -4.98. The van der Waals surface area contributed by atoms with Crippen molar-refractivity contribution in [1.29, 1.82) is 0 Å². The van der Waals surface area contributed by atoms with Gasteiger partial charge in [0.25, 0.3) is 11.8 Å². The summed E-state index contributed by atoms with van der Waals surface area (Å²) in [4.78, 5) is 45.8. The van der Waals surface area contributed by atoms with Crippen LogP contribution in [0.15, 0.2) is 60.8 Å². The van der Waals surface area contributed by atoms with Gasteiger partial charge in [-0.3, -0.25) is 19.4 Å². The van der Waals surface area contributed by atoms with E-state index in [-0.39, 0.29) is 55.8 Å². The quantitative estimate of drug-likeness (QED) is 0.147. The van der Waals surface area contributed by atoms with Gasteiger partial charge in [-0.25, -0.2) is 0 Å². The van der Waals surface area contributed by atoms with E-state index in [2.05, 4.69) is 4.98 Å². The third-order valence-electron chi connectivity index (χ3n) is 10.2. The maximum absolute atomic E-state index is 15.0. The summed E-state index contributed by atoms with van der Waals surface area (Å²) in [5.74, 6) is -2.47. The van der Waals surface area contributed by atoms with Crippen molar-refractivity contribution in [2.24, 2.45) is 0 Å². The summed E-state index contributed by atoms with van der Waals surface area (Å²) in [5, 5.41) is 8.96. The summed E-state index contributed by atoms with van der Waals surface area (Å²) < 4.78 is 89.5. The van der Waals surface area contributed by atoms with Gasteiger partial charge >= 0.3 is 18.3 Å². The Morgan fingerprint density at radius 2 is 1.63 bits per heavy atom. The number of aromatic nitrogens is 1. The molecule has 2 amide bonds. The average Bonchev–Trinajstić information content (AvgIpc) is 3.60. The number of piperidine rings is 2. The van der Waals surface area contributed by atoms with Gasteiger partial charge in [-0.15, -0.1) is 0 Å². The fourth-order valence-electron chi connectivity index (χ4n) is 7.67. The van der Waals surface area contributed by atoms with E-state index < -0.39 is 57.9 Å². The van der Waals surface area contributed by atoms with Gasteiger partial charge in [0.1, 0.15) is 10.6 Å². The number of unbranched alkanes of at least 4 members (excludes halogenated alkanes) is 1. The standard InChI is InChI=1S/C37H41F6N3O5S/c1-2-10-27-35(51-30-16-15-28(52-30)37(41,42)43,18-9-22-46(27)32(49)31-26(36(38,39)40)13-8-21-44-31)33(50)45-23-19-34(20-24-45,17-7-6-14-29(47)48)25-11-4-3-5-12-25/h3-5,8,11-13,15-16,21,27H,2,6-7,9-10,14,17-20,22-24H2,1H3,(H,47,48)/t27-,35+/m1/s1. The van der Waals surface area contributed by atoms with Crippen LogP contribution in [0, 0.1) is 0 Å². The van der Waals surface area contributed by atoms with Crippen LogP contribution in [0.3, 0.4) is 0 Å². The Balaban J connectivity index is 1.51. The largest absolute Gasteiger partial charge is 0.481 e. The van der Waals surface area contributed by atoms with E-state index in [1.807, 2.05) is 30.3 Å². The van der Waals surface area contributed by atoms with Gasteiger partial charge in [0.05, 0.1) is 11.6 Å². The highest BCUT2D eigenvalue weighted by atomic mass is 32.1. The molecule has 2 aliphatic heterocycles. The number of amides is 2. The third kappa shape index (κ3) is 8.39. The number of rotatable bonds is 12. The van der Waals surface area contributed by atoms with Crippen LogP contribution in [0.4, 0.5) is 26.3 Å². The zero-order chi connectivity index (χ0) is 37.7. The summed E-state index contributed by atoms with van der Waals surface area (Å²) in [5.41, 5.74) is -3.29.